The molecule has 0 N–H and O–H groups in total. The maximum atomic E-state index is 13.7. The largest absolute Gasteiger partial charge is 0.496 e. The van der Waals surface area contributed by atoms with Crippen LogP contribution in [0.5, 0.6) is 5.75 Å². The lowest BCUT2D eigenvalue weighted by Gasteiger charge is -2.25. The maximum Gasteiger partial charge on any atom is 0.338 e. The van der Waals surface area contributed by atoms with Crippen LogP contribution in [-0.4, -0.2) is 29.2 Å². The number of ether oxygens (including phenoxy) is 2. The van der Waals surface area contributed by atoms with Crippen molar-refractivity contribution in [1.82, 2.24) is 4.57 Å². The summed E-state index contributed by atoms with van der Waals surface area (Å²) in [4.78, 5) is 42.5. The number of esters is 1. The summed E-state index contributed by atoms with van der Waals surface area (Å²) in [5.74, 6) is 0.0460. The lowest BCUT2D eigenvalue weighted by Crippen LogP contribution is -2.40. The molecule has 0 saturated carbocycles. The summed E-state index contributed by atoms with van der Waals surface area (Å²) in [6.45, 7) is 5.24. The third kappa shape index (κ3) is 4.63. The van der Waals surface area contributed by atoms with Gasteiger partial charge in [-0.05, 0) is 66.0 Å². The fourth-order valence-corrected chi connectivity index (χ4v) is 5.63. The molecule has 0 fully saturated rings. The van der Waals surface area contributed by atoms with Crippen LogP contribution in [0.2, 0.25) is 0 Å². The fraction of sp³-hybridized carbons (Fsp3) is 0.240. The van der Waals surface area contributed by atoms with Gasteiger partial charge < -0.3 is 9.47 Å². The molecule has 1 aliphatic heterocycles. The van der Waals surface area contributed by atoms with Gasteiger partial charge in [-0.2, -0.15) is 0 Å². The molecular formula is C25H22BrN3O6S. The molecule has 1 atom stereocenters. The maximum absolute atomic E-state index is 13.7. The molecule has 0 spiro atoms. The number of benzene rings is 2. The third-order valence-corrected chi connectivity index (χ3v) is 7.34. The monoisotopic (exact) mass is 571 g/mol. The van der Waals surface area contributed by atoms with Gasteiger partial charge in [0.1, 0.15) is 5.75 Å². The predicted octanol–water partition coefficient (Wildman–Crippen LogP) is 3.79. The van der Waals surface area contributed by atoms with E-state index in [4.69, 9.17) is 9.47 Å². The van der Waals surface area contributed by atoms with E-state index in [1.54, 1.807) is 64.3 Å². The molecule has 2 aromatic carbocycles. The van der Waals surface area contributed by atoms with Crippen LogP contribution in [0.1, 0.15) is 36.6 Å². The van der Waals surface area contributed by atoms with E-state index in [0.29, 0.717) is 41.9 Å². The second-order valence-electron chi connectivity index (χ2n) is 8.00. The van der Waals surface area contributed by atoms with E-state index in [2.05, 4.69) is 20.9 Å². The van der Waals surface area contributed by atoms with Crippen LogP contribution in [0.25, 0.3) is 6.08 Å². The van der Waals surface area contributed by atoms with Crippen LogP contribution < -0.4 is 19.6 Å². The summed E-state index contributed by atoms with van der Waals surface area (Å²) in [7, 11) is 1.55. The average molecular weight is 572 g/mol. The summed E-state index contributed by atoms with van der Waals surface area (Å²) in [5.41, 5.74) is 2.02. The van der Waals surface area contributed by atoms with Gasteiger partial charge in [0, 0.05) is 11.6 Å². The zero-order valence-electron chi connectivity index (χ0n) is 19.9. The quantitative estimate of drug-likeness (QED) is 0.253. The SMILES string of the molecule is CCOC(=O)C1=C(C)N=c2s/c(=C\c3ccc(C)c([N+](=O)[O-])c3)c(=O)n2[C@H]1c1ccc(OC)c(Br)c1. The van der Waals surface area contributed by atoms with E-state index in [9.17, 15) is 19.7 Å². The molecule has 3 aromatic rings. The number of hydrogen-bond acceptors (Lipinski definition) is 8. The van der Waals surface area contributed by atoms with Crippen LogP contribution in [-0.2, 0) is 9.53 Å². The fourth-order valence-electron chi connectivity index (χ4n) is 4.02. The Kier molecular flexibility index (Phi) is 7.23. The molecule has 1 aliphatic rings. The Balaban J connectivity index is 1.96. The molecule has 0 bridgehead atoms. The smallest absolute Gasteiger partial charge is 0.338 e. The number of fused-ring (bicyclic) bond motifs is 1. The van der Waals surface area contributed by atoms with Gasteiger partial charge in [-0.3, -0.25) is 19.5 Å². The van der Waals surface area contributed by atoms with Crippen LogP contribution >= 0.6 is 27.3 Å². The summed E-state index contributed by atoms with van der Waals surface area (Å²) in [6.07, 6.45) is 1.60. The first-order valence-electron chi connectivity index (χ1n) is 10.9. The highest BCUT2D eigenvalue weighted by Crippen LogP contribution is 2.35. The molecule has 186 valence electrons. The van der Waals surface area contributed by atoms with Crippen LogP contribution in [0, 0.1) is 17.0 Å². The van der Waals surface area contributed by atoms with E-state index in [0.717, 1.165) is 11.3 Å². The lowest BCUT2D eigenvalue weighted by atomic mass is 9.96. The summed E-state index contributed by atoms with van der Waals surface area (Å²) >= 11 is 4.63. The molecular weight excluding hydrogens is 550 g/mol. The first-order valence-corrected chi connectivity index (χ1v) is 12.5. The van der Waals surface area contributed by atoms with E-state index in [1.165, 1.54) is 10.6 Å². The number of thiazole rings is 1. The number of rotatable bonds is 6. The second-order valence-corrected chi connectivity index (χ2v) is 9.86. The molecule has 4 rings (SSSR count). The number of nitrogens with zero attached hydrogens (tertiary/aromatic N) is 3. The van der Waals surface area contributed by atoms with Crippen molar-refractivity contribution in [1.29, 1.82) is 0 Å². The van der Waals surface area contributed by atoms with Crippen molar-refractivity contribution in [2.24, 2.45) is 4.99 Å². The zero-order chi connectivity index (χ0) is 26.1. The van der Waals surface area contributed by atoms with E-state index >= 15 is 0 Å². The molecule has 36 heavy (non-hydrogen) atoms. The normalized spacial score (nSPS) is 15.4. The number of nitro groups is 1. The Morgan fingerprint density at radius 2 is 2.03 bits per heavy atom. The lowest BCUT2D eigenvalue weighted by molar-refractivity contribution is -0.385. The Labute approximate surface area is 218 Å². The van der Waals surface area contributed by atoms with Gasteiger partial charge in [0.05, 0.1) is 45.0 Å². The van der Waals surface area contributed by atoms with Gasteiger partial charge in [-0.15, -0.1) is 0 Å². The summed E-state index contributed by atoms with van der Waals surface area (Å²) < 4.78 is 13.1. The first-order chi connectivity index (χ1) is 17.2. The second kappa shape index (κ2) is 10.2. The Hall–Kier alpha value is -3.57. The highest BCUT2D eigenvalue weighted by Gasteiger charge is 2.33. The Bertz CT molecular complexity index is 1600. The van der Waals surface area contributed by atoms with Gasteiger partial charge in [0.25, 0.3) is 11.2 Å². The number of halogens is 1. The molecule has 0 unspecified atom stereocenters. The van der Waals surface area contributed by atoms with Crippen LogP contribution in [0.15, 0.2) is 61.9 Å². The average Bonchev–Trinajstić information content (AvgIpc) is 3.13. The minimum Gasteiger partial charge on any atom is -0.496 e. The first kappa shape index (κ1) is 25.5. The van der Waals surface area contributed by atoms with Gasteiger partial charge in [-0.25, -0.2) is 9.79 Å². The Morgan fingerprint density at radius 1 is 1.28 bits per heavy atom. The summed E-state index contributed by atoms with van der Waals surface area (Å²) in [5, 5.41) is 11.4. The highest BCUT2D eigenvalue weighted by molar-refractivity contribution is 9.10. The van der Waals surface area contributed by atoms with Crippen molar-refractivity contribution < 1.29 is 19.2 Å². The van der Waals surface area contributed by atoms with E-state index < -0.39 is 16.9 Å². The van der Waals surface area contributed by atoms with E-state index in [1.807, 2.05) is 0 Å². The van der Waals surface area contributed by atoms with Crippen molar-refractivity contribution in [2.75, 3.05) is 13.7 Å². The Morgan fingerprint density at radius 3 is 2.67 bits per heavy atom. The zero-order valence-corrected chi connectivity index (χ0v) is 22.3. The molecule has 0 amide bonds. The van der Waals surface area contributed by atoms with Crippen molar-refractivity contribution in [3.05, 3.63) is 98.6 Å². The molecule has 0 saturated heterocycles. The number of methoxy groups -OCH3 is 1. The van der Waals surface area contributed by atoms with Gasteiger partial charge in [-0.1, -0.05) is 29.5 Å². The minimum atomic E-state index is -0.781. The summed E-state index contributed by atoms with van der Waals surface area (Å²) in [6, 6.07) is 9.33. The van der Waals surface area contributed by atoms with Crippen LogP contribution in [0.4, 0.5) is 5.69 Å². The van der Waals surface area contributed by atoms with Crippen molar-refractivity contribution in [3.8, 4) is 5.75 Å². The van der Waals surface area contributed by atoms with Crippen molar-refractivity contribution >= 4 is 45.0 Å². The van der Waals surface area contributed by atoms with Crippen molar-refractivity contribution in [3.63, 3.8) is 0 Å². The molecule has 11 heteroatoms. The van der Waals surface area contributed by atoms with Gasteiger partial charge in [0.2, 0.25) is 0 Å². The molecule has 2 heterocycles. The minimum absolute atomic E-state index is 0.0297. The van der Waals surface area contributed by atoms with Crippen molar-refractivity contribution in [2.45, 2.75) is 26.8 Å². The van der Waals surface area contributed by atoms with Gasteiger partial charge >= 0.3 is 5.97 Å². The number of aromatic nitrogens is 1. The molecule has 1 aromatic heterocycles. The van der Waals surface area contributed by atoms with Gasteiger partial charge in [0.15, 0.2) is 4.80 Å². The number of nitro benzene ring substituents is 1. The highest BCUT2D eigenvalue weighted by atomic mass is 79.9. The standard InChI is InChI=1S/C25H22BrN3O6S/c1-5-35-24(31)21-14(3)27-25-28(22(21)16-8-9-19(34-4)17(26)12-16)23(30)20(36-25)11-15-7-6-13(2)18(10-15)29(32)33/h6-12,22H,5H2,1-4H3/b20-11-/t22-/m0/s1. The number of carbonyl (C=O) groups excluding carboxylic acids is 1. The molecule has 9 nitrogen and oxygen atoms in total. The third-order valence-electron chi connectivity index (χ3n) is 5.74. The number of hydrogen-bond donors (Lipinski definition) is 0. The molecule has 0 radical (unpaired) electrons. The number of aryl methyl sites for hydroxylation is 1. The topological polar surface area (TPSA) is 113 Å². The molecule has 0 aliphatic carbocycles. The number of allylic oxidation sites excluding steroid dienone is 1. The van der Waals surface area contributed by atoms with Crippen LogP contribution in [0.3, 0.4) is 0 Å². The van der Waals surface area contributed by atoms with E-state index in [-0.39, 0.29) is 23.4 Å². The number of carbonyl (C=O) groups is 1. The predicted molar refractivity (Wildman–Crippen MR) is 139 cm³/mol.